The van der Waals surface area contributed by atoms with Crippen LogP contribution >= 0.6 is 10.7 Å². The predicted molar refractivity (Wildman–Crippen MR) is 47.8 cm³/mol. The highest BCUT2D eigenvalue weighted by atomic mass is 35.7. The molecule has 0 spiro atoms. The molecule has 1 rings (SSSR count). The molecule has 72 valence electrons. The first-order valence-electron chi connectivity index (χ1n) is 4.02. The number of hydrogen-bond donors (Lipinski definition) is 0. The molecule has 1 saturated carbocycles. The van der Waals surface area contributed by atoms with E-state index in [0.717, 1.165) is 19.3 Å². The van der Waals surface area contributed by atoms with Gasteiger partial charge in [-0.2, -0.15) is 0 Å². The average molecular weight is 213 g/mol. The highest BCUT2D eigenvalue weighted by molar-refractivity contribution is 8.14. The van der Waals surface area contributed by atoms with Crippen LogP contribution in [0.25, 0.3) is 0 Å². The molecule has 0 radical (unpaired) electrons. The SMILES string of the molecule is COC1CCCCC1S(=O)(=O)Cl. The Kier molecular flexibility index (Phi) is 3.37. The third-order valence-electron chi connectivity index (χ3n) is 2.31. The van der Waals surface area contributed by atoms with Crippen LogP contribution in [-0.4, -0.2) is 26.9 Å². The van der Waals surface area contributed by atoms with E-state index in [2.05, 4.69) is 0 Å². The van der Waals surface area contributed by atoms with Crippen molar-refractivity contribution in [1.29, 1.82) is 0 Å². The van der Waals surface area contributed by atoms with Crippen molar-refractivity contribution in [3.05, 3.63) is 0 Å². The van der Waals surface area contributed by atoms with Crippen LogP contribution in [0, 0.1) is 0 Å². The van der Waals surface area contributed by atoms with E-state index in [0.29, 0.717) is 6.42 Å². The van der Waals surface area contributed by atoms with Crippen LogP contribution in [0.5, 0.6) is 0 Å². The van der Waals surface area contributed by atoms with Crippen LogP contribution in [0.15, 0.2) is 0 Å². The zero-order valence-corrected chi connectivity index (χ0v) is 8.57. The van der Waals surface area contributed by atoms with Crippen LogP contribution < -0.4 is 0 Å². The van der Waals surface area contributed by atoms with Crippen LogP contribution in [-0.2, 0) is 13.8 Å². The quantitative estimate of drug-likeness (QED) is 0.652. The average Bonchev–Trinajstić information content (AvgIpc) is 2.03. The molecule has 0 aliphatic heterocycles. The molecule has 0 aromatic heterocycles. The number of rotatable bonds is 2. The van der Waals surface area contributed by atoms with Gasteiger partial charge in [0.25, 0.3) is 0 Å². The Morgan fingerprint density at radius 2 is 1.92 bits per heavy atom. The minimum absolute atomic E-state index is 0.207. The van der Waals surface area contributed by atoms with Gasteiger partial charge in [-0.3, -0.25) is 0 Å². The van der Waals surface area contributed by atoms with E-state index in [4.69, 9.17) is 15.4 Å². The van der Waals surface area contributed by atoms with Crippen molar-refractivity contribution >= 4 is 19.7 Å². The van der Waals surface area contributed by atoms with E-state index in [9.17, 15) is 8.42 Å². The largest absolute Gasteiger partial charge is 0.380 e. The standard InChI is InChI=1S/C7H13ClO3S/c1-11-6-4-2-3-5-7(6)12(8,9)10/h6-7H,2-5H2,1H3. The first kappa shape index (κ1) is 10.3. The van der Waals surface area contributed by atoms with Gasteiger partial charge in [-0.25, -0.2) is 8.42 Å². The summed E-state index contributed by atoms with van der Waals surface area (Å²) in [5, 5.41) is -0.502. The van der Waals surface area contributed by atoms with E-state index in [-0.39, 0.29) is 6.10 Å². The fraction of sp³-hybridized carbons (Fsp3) is 1.00. The van der Waals surface area contributed by atoms with Gasteiger partial charge in [-0.1, -0.05) is 12.8 Å². The normalized spacial score (nSPS) is 31.8. The zero-order chi connectivity index (χ0) is 9.19. The maximum atomic E-state index is 11.0. The molecule has 0 aromatic rings. The first-order valence-corrected chi connectivity index (χ1v) is 6.39. The summed E-state index contributed by atoms with van der Waals surface area (Å²) in [6.07, 6.45) is 3.18. The number of halogens is 1. The topological polar surface area (TPSA) is 43.4 Å². The highest BCUT2D eigenvalue weighted by Gasteiger charge is 2.34. The van der Waals surface area contributed by atoms with Gasteiger partial charge in [0.2, 0.25) is 9.05 Å². The van der Waals surface area contributed by atoms with Crippen molar-refractivity contribution in [2.24, 2.45) is 0 Å². The molecule has 1 aliphatic carbocycles. The fourth-order valence-corrected chi connectivity index (χ4v) is 3.32. The molecule has 1 aliphatic rings. The van der Waals surface area contributed by atoms with Crippen molar-refractivity contribution in [1.82, 2.24) is 0 Å². The van der Waals surface area contributed by atoms with Gasteiger partial charge in [0.05, 0.1) is 6.10 Å². The molecule has 5 heteroatoms. The number of methoxy groups -OCH3 is 1. The fourth-order valence-electron chi connectivity index (χ4n) is 1.65. The highest BCUT2D eigenvalue weighted by Crippen LogP contribution is 2.28. The van der Waals surface area contributed by atoms with Crippen LogP contribution in [0.4, 0.5) is 0 Å². The van der Waals surface area contributed by atoms with Crippen molar-refractivity contribution in [2.75, 3.05) is 7.11 Å². The lowest BCUT2D eigenvalue weighted by atomic mass is 9.97. The molecule has 0 saturated heterocycles. The molecule has 3 nitrogen and oxygen atoms in total. The Balaban J connectivity index is 2.72. The maximum absolute atomic E-state index is 11.0. The van der Waals surface area contributed by atoms with E-state index in [1.807, 2.05) is 0 Å². The Bertz CT molecular complexity index is 237. The second kappa shape index (κ2) is 3.94. The first-order chi connectivity index (χ1) is 5.55. The predicted octanol–water partition coefficient (Wildman–Crippen LogP) is 1.51. The lowest BCUT2D eigenvalue weighted by molar-refractivity contribution is 0.0743. The molecule has 0 N–H and O–H groups in total. The maximum Gasteiger partial charge on any atom is 0.238 e. The molecule has 2 atom stereocenters. The Morgan fingerprint density at radius 3 is 2.33 bits per heavy atom. The minimum atomic E-state index is -3.44. The van der Waals surface area contributed by atoms with Gasteiger partial charge < -0.3 is 4.74 Å². The van der Waals surface area contributed by atoms with Gasteiger partial charge in [-0.15, -0.1) is 0 Å². The third kappa shape index (κ3) is 2.34. The summed E-state index contributed by atoms with van der Waals surface area (Å²) in [5.74, 6) is 0. The van der Waals surface area contributed by atoms with Crippen molar-refractivity contribution in [3.8, 4) is 0 Å². The summed E-state index contributed by atoms with van der Waals surface area (Å²) >= 11 is 0. The molecule has 0 bridgehead atoms. The lowest BCUT2D eigenvalue weighted by Gasteiger charge is -2.27. The van der Waals surface area contributed by atoms with Gasteiger partial charge in [0, 0.05) is 17.8 Å². The van der Waals surface area contributed by atoms with Crippen molar-refractivity contribution in [3.63, 3.8) is 0 Å². The monoisotopic (exact) mass is 212 g/mol. The second-order valence-corrected chi connectivity index (χ2v) is 5.92. The zero-order valence-electron chi connectivity index (χ0n) is 6.99. The lowest BCUT2D eigenvalue weighted by Crippen LogP contribution is -2.35. The van der Waals surface area contributed by atoms with E-state index in [1.165, 1.54) is 7.11 Å². The summed E-state index contributed by atoms with van der Waals surface area (Å²) in [5.41, 5.74) is 0. The van der Waals surface area contributed by atoms with Crippen LogP contribution in [0.3, 0.4) is 0 Å². The number of hydrogen-bond acceptors (Lipinski definition) is 3. The van der Waals surface area contributed by atoms with Gasteiger partial charge in [-0.05, 0) is 12.8 Å². The Hall–Kier alpha value is 0.200. The second-order valence-electron chi connectivity index (χ2n) is 3.07. The summed E-state index contributed by atoms with van der Waals surface area (Å²) in [6, 6.07) is 0. The van der Waals surface area contributed by atoms with E-state index >= 15 is 0 Å². The summed E-state index contributed by atoms with van der Waals surface area (Å²) in [7, 11) is 3.37. The van der Waals surface area contributed by atoms with Crippen molar-refractivity contribution in [2.45, 2.75) is 37.0 Å². The molecule has 0 heterocycles. The molecular formula is C7H13ClO3S. The Labute approximate surface area is 77.5 Å². The summed E-state index contributed by atoms with van der Waals surface area (Å²) in [4.78, 5) is 0. The van der Waals surface area contributed by atoms with Crippen LogP contribution in [0.2, 0.25) is 0 Å². The Morgan fingerprint density at radius 1 is 1.33 bits per heavy atom. The minimum Gasteiger partial charge on any atom is -0.380 e. The molecule has 0 aromatic carbocycles. The van der Waals surface area contributed by atoms with Crippen molar-refractivity contribution < 1.29 is 13.2 Å². The van der Waals surface area contributed by atoms with E-state index < -0.39 is 14.3 Å². The third-order valence-corrected chi connectivity index (χ3v) is 4.26. The van der Waals surface area contributed by atoms with Gasteiger partial charge >= 0.3 is 0 Å². The molecular weight excluding hydrogens is 200 g/mol. The molecule has 2 unspecified atom stereocenters. The molecule has 12 heavy (non-hydrogen) atoms. The van der Waals surface area contributed by atoms with E-state index in [1.54, 1.807) is 0 Å². The summed E-state index contributed by atoms with van der Waals surface area (Å²) in [6.45, 7) is 0. The summed E-state index contributed by atoms with van der Waals surface area (Å²) < 4.78 is 27.1. The van der Waals surface area contributed by atoms with Gasteiger partial charge in [0.15, 0.2) is 0 Å². The van der Waals surface area contributed by atoms with Gasteiger partial charge in [0.1, 0.15) is 5.25 Å². The number of ether oxygens (including phenoxy) is 1. The van der Waals surface area contributed by atoms with Crippen LogP contribution in [0.1, 0.15) is 25.7 Å². The molecule has 0 amide bonds. The molecule has 1 fully saturated rings. The smallest absolute Gasteiger partial charge is 0.238 e.